The number of fused-ring (bicyclic) bond motifs is 4. The lowest BCUT2D eigenvalue weighted by atomic mass is 9.73. The number of piperidine rings is 1. The molecule has 1 fully saturated rings. The first-order valence-corrected chi connectivity index (χ1v) is 10.1. The number of aromatic nitrogens is 2. The van der Waals surface area contributed by atoms with E-state index in [9.17, 15) is 0 Å². The minimum Gasteiger partial charge on any atom is -0.353 e. The van der Waals surface area contributed by atoms with Crippen LogP contribution in [0.3, 0.4) is 0 Å². The maximum absolute atomic E-state index is 4.86. The molecular formula is C23H27N3. The van der Waals surface area contributed by atoms with Crippen LogP contribution in [-0.4, -0.2) is 34.5 Å². The number of para-hydroxylation sites is 1. The summed E-state index contributed by atoms with van der Waals surface area (Å²) in [5.74, 6) is 1.46. The van der Waals surface area contributed by atoms with Crippen LogP contribution in [0.15, 0.2) is 42.6 Å². The number of nitrogens with zero attached hydrogens (tertiary/aromatic N) is 2. The van der Waals surface area contributed by atoms with E-state index in [4.69, 9.17) is 4.98 Å². The van der Waals surface area contributed by atoms with Crippen LogP contribution in [0.4, 0.5) is 0 Å². The lowest BCUT2D eigenvalue weighted by Crippen LogP contribution is -2.42. The van der Waals surface area contributed by atoms with Crippen molar-refractivity contribution in [3.63, 3.8) is 0 Å². The standard InChI is InChI=1S/C23H27N3/c1-2-13-26-14-11-17-16(15-26)6-5-8-19(17)22-23-20(10-12-24-22)18-7-3-4-9-21(18)25-23/h3-4,7-10,12,16-17,25H,2,5-6,11,13-15H2,1H3/t16-,17-/m1/s1. The molecule has 0 amide bonds. The fourth-order valence-corrected chi connectivity index (χ4v) is 5.20. The topological polar surface area (TPSA) is 31.9 Å². The minimum absolute atomic E-state index is 0.668. The maximum Gasteiger partial charge on any atom is 0.0902 e. The summed E-state index contributed by atoms with van der Waals surface area (Å²) < 4.78 is 0. The van der Waals surface area contributed by atoms with E-state index in [-0.39, 0.29) is 0 Å². The number of hydrogen-bond donors (Lipinski definition) is 1. The largest absolute Gasteiger partial charge is 0.353 e. The number of benzene rings is 1. The molecule has 1 aliphatic carbocycles. The molecule has 3 heteroatoms. The van der Waals surface area contributed by atoms with Gasteiger partial charge in [-0.05, 0) is 68.3 Å². The third-order valence-electron chi connectivity index (χ3n) is 6.36. The van der Waals surface area contributed by atoms with Gasteiger partial charge in [0.2, 0.25) is 0 Å². The van der Waals surface area contributed by atoms with Crippen LogP contribution in [0.2, 0.25) is 0 Å². The lowest BCUT2D eigenvalue weighted by molar-refractivity contribution is 0.136. The van der Waals surface area contributed by atoms with Gasteiger partial charge in [0, 0.05) is 29.0 Å². The Labute approximate surface area is 155 Å². The molecule has 0 radical (unpaired) electrons. The summed E-state index contributed by atoms with van der Waals surface area (Å²) in [7, 11) is 0. The maximum atomic E-state index is 4.86. The summed E-state index contributed by atoms with van der Waals surface area (Å²) in [6.07, 6.45) is 9.52. The summed E-state index contributed by atoms with van der Waals surface area (Å²) in [6, 6.07) is 10.8. The fourth-order valence-electron chi connectivity index (χ4n) is 5.20. The Morgan fingerprint density at radius 1 is 1.15 bits per heavy atom. The van der Waals surface area contributed by atoms with Gasteiger partial charge in [-0.2, -0.15) is 0 Å². The van der Waals surface area contributed by atoms with Crippen LogP contribution < -0.4 is 0 Å². The molecule has 3 aromatic rings. The van der Waals surface area contributed by atoms with Gasteiger partial charge in [-0.15, -0.1) is 0 Å². The molecule has 134 valence electrons. The first-order chi connectivity index (χ1) is 12.8. The zero-order valence-electron chi connectivity index (χ0n) is 15.5. The van der Waals surface area contributed by atoms with Crippen molar-refractivity contribution in [3.05, 3.63) is 48.3 Å². The Kier molecular flexibility index (Phi) is 4.05. The molecule has 2 atom stereocenters. The molecule has 1 saturated heterocycles. The Bertz CT molecular complexity index is 968. The van der Waals surface area contributed by atoms with Crippen LogP contribution in [0.25, 0.3) is 27.4 Å². The van der Waals surface area contributed by atoms with Crippen LogP contribution >= 0.6 is 0 Å². The smallest absolute Gasteiger partial charge is 0.0902 e. The lowest BCUT2D eigenvalue weighted by Gasteiger charge is -2.41. The molecule has 0 unspecified atom stereocenters. The second-order valence-corrected chi connectivity index (χ2v) is 7.95. The van der Waals surface area contributed by atoms with Gasteiger partial charge in [0.1, 0.15) is 0 Å². The van der Waals surface area contributed by atoms with Crippen LogP contribution in [0.1, 0.15) is 38.3 Å². The Morgan fingerprint density at radius 3 is 3.00 bits per heavy atom. The summed E-state index contributed by atoms with van der Waals surface area (Å²) in [5, 5.41) is 2.61. The number of aromatic amines is 1. The Balaban J connectivity index is 1.56. The number of likely N-dealkylation sites (tertiary alicyclic amines) is 1. The average molecular weight is 345 g/mol. The molecule has 0 saturated carbocycles. The summed E-state index contributed by atoms with van der Waals surface area (Å²) in [5.41, 5.74) is 5.12. The van der Waals surface area contributed by atoms with Crippen molar-refractivity contribution >= 4 is 27.4 Å². The molecule has 26 heavy (non-hydrogen) atoms. The molecule has 1 N–H and O–H groups in total. The molecule has 2 aromatic heterocycles. The predicted octanol–water partition coefficient (Wildman–Crippen LogP) is 5.24. The van der Waals surface area contributed by atoms with Crippen molar-refractivity contribution in [2.24, 2.45) is 11.8 Å². The highest BCUT2D eigenvalue weighted by molar-refractivity contribution is 6.09. The Morgan fingerprint density at radius 2 is 2.08 bits per heavy atom. The van der Waals surface area contributed by atoms with Crippen LogP contribution in [-0.2, 0) is 0 Å². The third-order valence-corrected chi connectivity index (χ3v) is 6.36. The van der Waals surface area contributed by atoms with E-state index in [1.807, 2.05) is 6.20 Å². The second-order valence-electron chi connectivity index (χ2n) is 7.95. The van der Waals surface area contributed by atoms with Gasteiger partial charge < -0.3 is 9.88 Å². The average Bonchev–Trinajstić information content (AvgIpc) is 3.06. The van der Waals surface area contributed by atoms with Crippen LogP contribution in [0, 0.1) is 11.8 Å². The normalized spacial score (nSPS) is 24.0. The van der Waals surface area contributed by atoms with E-state index in [2.05, 4.69) is 53.2 Å². The van der Waals surface area contributed by atoms with Gasteiger partial charge in [0.25, 0.3) is 0 Å². The molecule has 2 aliphatic rings. The molecule has 3 nitrogen and oxygen atoms in total. The minimum atomic E-state index is 0.668. The van der Waals surface area contributed by atoms with Gasteiger partial charge in [-0.3, -0.25) is 4.98 Å². The highest BCUT2D eigenvalue weighted by atomic mass is 15.1. The molecule has 1 aromatic carbocycles. The van der Waals surface area contributed by atoms with Crippen molar-refractivity contribution in [3.8, 4) is 0 Å². The summed E-state index contributed by atoms with van der Waals surface area (Å²) in [6.45, 7) is 6.03. The van der Waals surface area contributed by atoms with Gasteiger partial charge in [-0.25, -0.2) is 0 Å². The molecule has 5 rings (SSSR count). The number of rotatable bonds is 3. The molecule has 3 heterocycles. The van der Waals surface area contributed by atoms with Crippen molar-refractivity contribution in [1.29, 1.82) is 0 Å². The number of H-pyrrole nitrogens is 1. The highest BCUT2D eigenvalue weighted by Gasteiger charge is 2.34. The van der Waals surface area contributed by atoms with Gasteiger partial charge >= 0.3 is 0 Å². The fraction of sp³-hybridized carbons (Fsp3) is 0.435. The highest BCUT2D eigenvalue weighted by Crippen LogP contribution is 2.43. The monoisotopic (exact) mass is 345 g/mol. The molecular weight excluding hydrogens is 318 g/mol. The molecule has 1 aliphatic heterocycles. The molecule has 0 spiro atoms. The number of pyridine rings is 1. The SMILES string of the molecule is CCCN1CC[C@H]2C(c3nccc4c3[nH]c3ccccc34)=CCC[C@@H]2C1. The quantitative estimate of drug-likeness (QED) is 0.704. The Hall–Kier alpha value is -2.13. The van der Waals surface area contributed by atoms with E-state index in [1.54, 1.807) is 0 Å². The van der Waals surface area contributed by atoms with E-state index in [0.29, 0.717) is 5.92 Å². The van der Waals surface area contributed by atoms with Crippen molar-refractivity contribution < 1.29 is 0 Å². The zero-order valence-corrected chi connectivity index (χ0v) is 15.5. The number of nitrogens with one attached hydrogen (secondary N) is 1. The van der Waals surface area contributed by atoms with Gasteiger partial charge in [0.15, 0.2) is 0 Å². The second kappa shape index (κ2) is 6.55. The van der Waals surface area contributed by atoms with Gasteiger partial charge in [0.05, 0.1) is 11.2 Å². The third kappa shape index (κ3) is 2.57. The summed E-state index contributed by atoms with van der Waals surface area (Å²) in [4.78, 5) is 11.2. The van der Waals surface area contributed by atoms with E-state index in [0.717, 1.165) is 5.92 Å². The van der Waals surface area contributed by atoms with E-state index in [1.165, 1.54) is 78.4 Å². The van der Waals surface area contributed by atoms with Crippen molar-refractivity contribution in [2.45, 2.75) is 32.6 Å². The van der Waals surface area contributed by atoms with Crippen molar-refractivity contribution in [2.75, 3.05) is 19.6 Å². The van der Waals surface area contributed by atoms with Crippen LogP contribution in [0.5, 0.6) is 0 Å². The van der Waals surface area contributed by atoms with Crippen molar-refractivity contribution in [1.82, 2.24) is 14.9 Å². The van der Waals surface area contributed by atoms with E-state index < -0.39 is 0 Å². The number of allylic oxidation sites excluding steroid dienone is 2. The first-order valence-electron chi connectivity index (χ1n) is 10.1. The molecule has 0 bridgehead atoms. The van der Waals surface area contributed by atoms with E-state index >= 15 is 0 Å². The number of hydrogen-bond acceptors (Lipinski definition) is 2. The first kappa shape index (κ1) is 16.1. The van der Waals surface area contributed by atoms with Gasteiger partial charge in [-0.1, -0.05) is 31.2 Å². The summed E-state index contributed by atoms with van der Waals surface area (Å²) >= 11 is 0. The zero-order chi connectivity index (χ0) is 17.5. The predicted molar refractivity (Wildman–Crippen MR) is 109 cm³/mol.